The maximum atomic E-state index is 13.3. The number of thiophene rings is 1. The SMILES string of the molecule is C=CCn1c(SCc2c(C)cc(C(C)(C)C)cc2C)nc2sc3c(c2c1=O)CCC3. The van der Waals surface area contributed by atoms with E-state index >= 15 is 0 Å². The number of hydrogen-bond donors (Lipinski definition) is 0. The monoisotopic (exact) mass is 438 g/mol. The second kappa shape index (κ2) is 8.01. The highest BCUT2D eigenvalue weighted by Crippen LogP contribution is 2.36. The molecule has 2 aromatic heterocycles. The van der Waals surface area contributed by atoms with E-state index in [2.05, 4.69) is 53.3 Å². The highest BCUT2D eigenvalue weighted by atomic mass is 32.2. The number of hydrogen-bond acceptors (Lipinski definition) is 4. The van der Waals surface area contributed by atoms with E-state index in [1.165, 1.54) is 32.7 Å². The van der Waals surface area contributed by atoms with Crippen LogP contribution in [-0.2, 0) is 30.6 Å². The molecule has 0 fully saturated rings. The summed E-state index contributed by atoms with van der Waals surface area (Å²) in [6.45, 7) is 15.5. The molecule has 0 radical (unpaired) electrons. The van der Waals surface area contributed by atoms with Crippen molar-refractivity contribution in [3.8, 4) is 0 Å². The van der Waals surface area contributed by atoms with Crippen LogP contribution in [0.25, 0.3) is 10.2 Å². The lowest BCUT2D eigenvalue weighted by Crippen LogP contribution is -2.23. The Morgan fingerprint density at radius 2 is 1.93 bits per heavy atom. The van der Waals surface area contributed by atoms with Gasteiger partial charge in [-0.2, -0.15) is 0 Å². The Bertz CT molecular complexity index is 1170. The van der Waals surface area contributed by atoms with Gasteiger partial charge in [-0.1, -0.05) is 50.7 Å². The molecule has 0 spiro atoms. The summed E-state index contributed by atoms with van der Waals surface area (Å²) in [5, 5.41) is 1.65. The lowest BCUT2D eigenvalue weighted by Gasteiger charge is -2.22. The van der Waals surface area contributed by atoms with Crippen molar-refractivity contribution >= 4 is 33.3 Å². The van der Waals surface area contributed by atoms with E-state index in [9.17, 15) is 4.79 Å². The average molecular weight is 439 g/mol. The molecule has 158 valence electrons. The van der Waals surface area contributed by atoms with Crippen molar-refractivity contribution in [3.05, 3.63) is 67.8 Å². The van der Waals surface area contributed by atoms with Crippen molar-refractivity contribution in [1.29, 1.82) is 0 Å². The fourth-order valence-electron chi connectivity index (χ4n) is 4.25. The minimum Gasteiger partial charge on any atom is -0.283 e. The number of nitrogens with zero attached hydrogens (tertiary/aromatic N) is 2. The zero-order valence-electron chi connectivity index (χ0n) is 18.6. The molecule has 30 heavy (non-hydrogen) atoms. The minimum atomic E-state index is 0.0957. The van der Waals surface area contributed by atoms with Gasteiger partial charge in [-0.05, 0) is 66.3 Å². The van der Waals surface area contributed by atoms with Gasteiger partial charge in [0.05, 0.1) is 5.39 Å². The number of aryl methyl sites for hydroxylation is 4. The molecular weight excluding hydrogens is 408 g/mol. The van der Waals surface area contributed by atoms with E-state index in [0.717, 1.165) is 40.4 Å². The highest BCUT2D eigenvalue weighted by molar-refractivity contribution is 7.98. The molecule has 2 heterocycles. The van der Waals surface area contributed by atoms with Crippen LogP contribution >= 0.6 is 23.1 Å². The van der Waals surface area contributed by atoms with E-state index in [1.54, 1.807) is 33.7 Å². The number of rotatable bonds is 5. The molecule has 0 N–H and O–H groups in total. The predicted octanol–water partition coefficient (Wildman–Crippen LogP) is 6.34. The maximum Gasteiger partial charge on any atom is 0.263 e. The van der Waals surface area contributed by atoms with Gasteiger partial charge < -0.3 is 0 Å². The quantitative estimate of drug-likeness (QED) is 0.265. The summed E-state index contributed by atoms with van der Waals surface area (Å²) < 4.78 is 1.81. The third kappa shape index (κ3) is 3.78. The van der Waals surface area contributed by atoms with Crippen molar-refractivity contribution in [2.24, 2.45) is 0 Å². The number of aromatic nitrogens is 2. The first kappa shape index (κ1) is 21.4. The van der Waals surface area contributed by atoms with E-state index in [1.807, 2.05) is 0 Å². The van der Waals surface area contributed by atoms with E-state index in [-0.39, 0.29) is 11.0 Å². The first-order chi connectivity index (χ1) is 14.2. The Hall–Kier alpha value is -1.85. The number of thioether (sulfide) groups is 1. The Morgan fingerprint density at radius 1 is 1.23 bits per heavy atom. The first-order valence-corrected chi connectivity index (χ1v) is 12.4. The zero-order valence-corrected chi connectivity index (χ0v) is 20.2. The molecule has 1 aliphatic rings. The van der Waals surface area contributed by atoms with Crippen LogP contribution in [0.2, 0.25) is 0 Å². The van der Waals surface area contributed by atoms with Gasteiger partial charge in [0.1, 0.15) is 4.83 Å². The van der Waals surface area contributed by atoms with Crippen LogP contribution in [0.1, 0.15) is 59.9 Å². The maximum absolute atomic E-state index is 13.3. The Morgan fingerprint density at radius 3 is 2.57 bits per heavy atom. The van der Waals surface area contributed by atoms with Crippen molar-refractivity contribution in [3.63, 3.8) is 0 Å². The second-order valence-corrected chi connectivity index (χ2v) is 11.3. The lowest BCUT2D eigenvalue weighted by atomic mass is 9.84. The average Bonchev–Trinajstić information content (AvgIpc) is 3.23. The van der Waals surface area contributed by atoms with Gasteiger partial charge in [0.15, 0.2) is 5.16 Å². The van der Waals surface area contributed by atoms with E-state index in [0.29, 0.717) is 6.54 Å². The van der Waals surface area contributed by atoms with Crippen LogP contribution in [0.5, 0.6) is 0 Å². The Balaban J connectivity index is 1.72. The Kier molecular flexibility index (Phi) is 5.71. The molecule has 3 nitrogen and oxygen atoms in total. The summed E-state index contributed by atoms with van der Waals surface area (Å²) in [4.78, 5) is 20.5. The number of benzene rings is 1. The standard InChI is InChI=1S/C25H30N2OS2/c1-7-11-27-23(28)21-18-9-8-10-20(18)30-22(21)26-24(27)29-14-19-15(2)12-17(13-16(19)3)25(4,5)6/h7,12-13H,1,8-11,14H2,2-6H3. The van der Waals surface area contributed by atoms with E-state index in [4.69, 9.17) is 4.98 Å². The molecule has 0 unspecified atom stereocenters. The topological polar surface area (TPSA) is 34.9 Å². The molecule has 0 bridgehead atoms. The van der Waals surface area contributed by atoms with Gasteiger partial charge >= 0.3 is 0 Å². The molecule has 0 atom stereocenters. The smallest absolute Gasteiger partial charge is 0.263 e. The summed E-state index contributed by atoms with van der Waals surface area (Å²) in [6.07, 6.45) is 5.03. The molecular formula is C25H30N2OS2. The summed E-state index contributed by atoms with van der Waals surface area (Å²) in [6, 6.07) is 4.61. The summed E-state index contributed by atoms with van der Waals surface area (Å²) in [7, 11) is 0. The molecule has 0 saturated carbocycles. The normalized spacial score (nSPS) is 13.8. The van der Waals surface area contributed by atoms with Crippen molar-refractivity contribution in [2.75, 3.05) is 0 Å². The third-order valence-electron chi connectivity index (χ3n) is 6.01. The van der Waals surface area contributed by atoms with Crippen LogP contribution in [0, 0.1) is 13.8 Å². The third-order valence-corrected chi connectivity index (χ3v) is 8.20. The molecule has 0 saturated heterocycles. The molecule has 1 aromatic carbocycles. The summed E-state index contributed by atoms with van der Waals surface area (Å²) in [5.41, 5.74) is 6.79. The van der Waals surface area contributed by atoms with Crippen LogP contribution in [0.15, 0.2) is 34.7 Å². The van der Waals surface area contributed by atoms with Gasteiger partial charge in [-0.25, -0.2) is 4.98 Å². The van der Waals surface area contributed by atoms with E-state index < -0.39 is 0 Å². The lowest BCUT2D eigenvalue weighted by molar-refractivity contribution is 0.589. The van der Waals surface area contributed by atoms with Gasteiger partial charge in [-0.15, -0.1) is 17.9 Å². The number of allylic oxidation sites excluding steroid dienone is 1. The van der Waals surface area contributed by atoms with Crippen LogP contribution in [0.3, 0.4) is 0 Å². The molecule has 0 aliphatic heterocycles. The second-order valence-electron chi connectivity index (χ2n) is 9.26. The summed E-state index contributed by atoms with van der Waals surface area (Å²) in [5.74, 6) is 0.808. The van der Waals surface area contributed by atoms with Gasteiger partial charge in [0.25, 0.3) is 5.56 Å². The van der Waals surface area contributed by atoms with Crippen molar-refractivity contribution < 1.29 is 0 Å². The zero-order chi connectivity index (χ0) is 21.6. The predicted molar refractivity (Wildman–Crippen MR) is 130 cm³/mol. The Labute approximate surface area is 187 Å². The molecule has 1 aliphatic carbocycles. The molecule has 0 amide bonds. The first-order valence-electron chi connectivity index (χ1n) is 10.6. The molecule has 3 aromatic rings. The van der Waals surface area contributed by atoms with Gasteiger partial charge in [0, 0.05) is 17.2 Å². The van der Waals surface area contributed by atoms with Crippen LogP contribution in [0.4, 0.5) is 0 Å². The highest BCUT2D eigenvalue weighted by Gasteiger charge is 2.23. The molecule has 5 heteroatoms. The van der Waals surface area contributed by atoms with Crippen LogP contribution < -0.4 is 5.56 Å². The van der Waals surface area contributed by atoms with Gasteiger partial charge in [-0.3, -0.25) is 9.36 Å². The van der Waals surface area contributed by atoms with Gasteiger partial charge in [0.2, 0.25) is 0 Å². The van der Waals surface area contributed by atoms with Crippen molar-refractivity contribution in [1.82, 2.24) is 9.55 Å². The number of fused-ring (bicyclic) bond motifs is 3. The largest absolute Gasteiger partial charge is 0.283 e. The minimum absolute atomic E-state index is 0.0957. The fraction of sp³-hybridized carbons (Fsp3) is 0.440. The van der Waals surface area contributed by atoms with Crippen molar-refractivity contribution in [2.45, 2.75) is 76.8 Å². The summed E-state index contributed by atoms with van der Waals surface area (Å²) >= 11 is 3.37. The van der Waals surface area contributed by atoms with Crippen LogP contribution in [-0.4, -0.2) is 9.55 Å². The molecule has 4 rings (SSSR count). The fourth-order valence-corrected chi connectivity index (χ4v) is 6.76.